The van der Waals surface area contributed by atoms with Crippen molar-refractivity contribution >= 4 is 23.4 Å². The van der Waals surface area contributed by atoms with Crippen molar-refractivity contribution in [2.24, 2.45) is 11.8 Å². The zero-order valence-electron chi connectivity index (χ0n) is 15.4. The van der Waals surface area contributed by atoms with Crippen LogP contribution in [0.25, 0.3) is 0 Å². The standard InChI is InChI=1S/C19H24F3N3O3/c20-19(21,22)16-12-25(11-15(16)17(26)27)18(28)23-13-6-5-7-14(10-13)24-8-3-1-2-4-9-24/h5-7,10,15-16H,1-4,8-9,11-12H2,(H,23,28)(H,26,27)/t15-,16-/m1/s1. The molecule has 0 saturated carbocycles. The van der Waals surface area contributed by atoms with E-state index in [1.54, 1.807) is 18.2 Å². The van der Waals surface area contributed by atoms with Crippen LogP contribution in [0.4, 0.5) is 29.3 Å². The van der Waals surface area contributed by atoms with Crippen LogP contribution in [0.2, 0.25) is 0 Å². The Morgan fingerprint density at radius 2 is 1.75 bits per heavy atom. The van der Waals surface area contributed by atoms with Crippen LogP contribution in [-0.4, -0.2) is 54.4 Å². The largest absolute Gasteiger partial charge is 0.481 e. The third kappa shape index (κ3) is 4.69. The first-order valence-electron chi connectivity index (χ1n) is 9.46. The molecule has 2 N–H and O–H groups in total. The molecule has 28 heavy (non-hydrogen) atoms. The van der Waals surface area contributed by atoms with E-state index in [1.165, 1.54) is 12.8 Å². The fraction of sp³-hybridized carbons (Fsp3) is 0.579. The van der Waals surface area contributed by atoms with Crippen molar-refractivity contribution in [1.82, 2.24) is 4.90 Å². The fourth-order valence-corrected chi connectivity index (χ4v) is 3.86. The minimum atomic E-state index is -4.66. The van der Waals surface area contributed by atoms with Gasteiger partial charge in [-0.1, -0.05) is 18.9 Å². The molecule has 1 aromatic rings. The van der Waals surface area contributed by atoms with Gasteiger partial charge in [0.05, 0.1) is 11.8 Å². The molecule has 0 bridgehead atoms. The Hall–Kier alpha value is -2.45. The Morgan fingerprint density at radius 3 is 2.32 bits per heavy atom. The molecule has 2 aliphatic rings. The van der Waals surface area contributed by atoms with Crippen molar-refractivity contribution in [2.45, 2.75) is 31.9 Å². The summed E-state index contributed by atoms with van der Waals surface area (Å²) in [5, 5.41) is 11.7. The molecule has 6 nitrogen and oxygen atoms in total. The summed E-state index contributed by atoms with van der Waals surface area (Å²) in [6, 6.07) is 6.49. The normalized spacial score (nSPS) is 23.4. The number of benzene rings is 1. The Balaban J connectivity index is 1.68. The smallest absolute Gasteiger partial charge is 0.394 e. The number of alkyl halides is 3. The lowest BCUT2D eigenvalue weighted by Gasteiger charge is -2.24. The summed E-state index contributed by atoms with van der Waals surface area (Å²) in [7, 11) is 0. The number of urea groups is 1. The van der Waals surface area contributed by atoms with Gasteiger partial charge < -0.3 is 20.2 Å². The molecule has 2 amide bonds. The van der Waals surface area contributed by atoms with Crippen molar-refractivity contribution in [3.8, 4) is 0 Å². The summed E-state index contributed by atoms with van der Waals surface area (Å²) in [6.07, 6.45) is -0.0929. The maximum absolute atomic E-state index is 13.1. The molecule has 2 saturated heterocycles. The van der Waals surface area contributed by atoms with Crippen LogP contribution in [0.15, 0.2) is 24.3 Å². The van der Waals surface area contributed by atoms with Crippen LogP contribution >= 0.6 is 0 Å². The number of likely N-dealkylation sites (tertiary alicyclic amines) is 1. The average Bonchev–Trinajstić information content (AvgIpc) is 2.93. The van der Waals surface area contributed by atoms with Gasteiger partial charge in [-0.3, -0.25) is 4.79 Å². The van der Waals surface area contributed by atoms with Gasteiger partial charge in [0.1, 0.15) is 0 Å². The number of carbonyl (C=O) groups excluding carboxylic acids is 1. The Morgan fingerprint density at radius 1 is 1.07 bits per heavy atom. The summed E-state index contributed by atoms with van der Waals surface area (Å²) in [5.74, 6) is -5.24. The second-order valence-corrected chi connectivity index (χ2v) is 7.38. The number of amides is 2. The highest BCUT2D eigenvalue weighted by Gasteiger charge is 2.53. The molecule has 2 atom stereocenters. The first-order chi connectivity index (χ1) is 13.3. The lowest BCUT2D eigenvalue weighted by Crippen LogP contribution is -2.35. The van der Waals surface area contributed by atoms with Crippen LogP contribution in [0, 0.1) is 11.8 Å². The van der Waals surface area contributed by atoms with Gasteiger partial charge in [-0.05, 0) is 31.0 Å². The number of carboxylic acid groups (broad SMARTS) is 1. The van der Waals surface area contributed by atoms with E-state index in [0.717, 1.165) is 36.5 Å². The molecule has 3 rings (SSSR count). The van der Waals surface area contributed by atoms with Gasteiger partial charge in [0.2, 0.25) is 0 Å². The van der Waals surface area contributed by atoms with E-state index in [9.17, 15) is 22.8 Å². The molecule has 0 unspecified atom stereocenters. The average molecular weight is 399 g/mol. The van der Waals surface area contributed by atoms with Crippen molar-refractivity contribution in [1.29, 1.82) is 0 Å². The first kappa shape index (κ1) is 20.3. The number of anilines is 2. The van der Waals surface area contributed by atoms with Crippen LogP contribution < -0.4 is 10.2 Å². The minimum Gasteiger partial charge on any atom is -0.481 e. The molecule has 0 aliphatic carbocycles. The van der Waals surface area contributed by atoms with Crippen LogP contribution in [0.5, 0.6) is 0 Å². The monoisotopic (exact) mass is 399 g/mol. The van der Waals surface area contributed by atoms with Crippen molar-refractivity contribution in [3.63, 3.8) is 0 Å². The quantitative estimate of drug-likeness (QED) is 0.811. The summed E-state index contributed by atoms with van der Waals surface area (Å²) < 4.78 is 39.3. The predicted octanol–water partition coefficient (Wildman–Crippen LogP) is 3.79. The van der Waals surface area contributed by atoms with Gasteiger partial charge >= 0.3 is 18.2 Å². The molecule has 2 aliphatic heterocycles. The molecule has 0 radical (unpaired) electrons. The second-order valence-electron chi connectivity index (χ2n) is 7.38. The van der Waals surface area contributed by atoms with Crippen LogP contribution in [-0.2, 0) is 4.79 Å². The Kier molecular flexibility index (Phi) is 6.00. The summed E-state index contributed by atoms with van der Waals surface area (Å²) in [6.45, 7) is 0.740. The van der Waals surface area contributed by atoms with Gasteiger partial charge in [0, 0.05) is 37.6 Å². The lowest BCUT2D eigenvalue weighted by molar-refractivity contribution is -0.187. The number of aliphatic carboxylic acids is 1. The molecular weight excluding hydrogens is 375 g/mol. The number of nitrogens with one attached hydrogen (secondary N) is 1. The number of nitrogens with zero attached hydrogens (tertiary/aromatic N) is 2. The number of halogens is 3. The summed E-state index contributed by atoms with van der Waals surface area (Å²) in [4.78, 5) is 26.8. The lowest BCUT2D eigenvalue weighted by atomic mass is 9.96. The molecule has 9 heteroatoms. The molecule has 2 fully saturated rings. The van der Waals surface area contributed by atoms with E-state index < -0.39 is 43.1 Å². The minimum absolute atomic E-state index is 0.461. The first-order valence-corrected chi connectivity index (χ1v) is 9.46. The Labute approximate surface area is 161 Å². The maximum atomic E-state index is 13.1. The number of carboxylic acids is 1. The molecule has 1 aromatic carbocycles. The van der Waals surface area contributed by atoms with Crippen molar-refractivity contribution in [2.75, 3.05) is 36.4 Å². The molecule has 154 valence electrons. The Bertz CT molecular complexity index is 718. The van der Waals surface area contributed by atoms with E-state index in [4.69, 9.17) is 5.11 Å². The van der Waals surface area contributed by atoms with Gasteiger partial charge in [-0.25, -0.2) is 4.79 Å². The summed E-state index contributed by atoms with van der Waals surface area (Å²) >= 11 is 0. The zero-order chi connectivity index (χ0) is 20.3. The molecule has 0 aromatic heterocycles. The molecule has 0 spiro atoms. The van der Waals surface area contributed by atoms with Crippen molar-refractivity contribution < 1.29 is 27.9 Å². The third-order valence-corrected chi connectivity index (χ3v) is 5.41. The van der Waals surface area contributed by atoms with Crippen LogP contribution in [0.3, 0.4) is 0 Å². The van der Waals surface area contributed by atoms with Gasteiger partial charge in [0.25, 0.3) is 0 Å². The topological polar surface area (TPSA) is 72.9 Å². The number of hydrogen-bond acceptors (Lipinski definition) is 3. The maximum Gasteiger partial charge on any atom is 0.394 e. The number of hydrogen-bond donors (Lipinski definition) is 2. The van der Waals surface area contributed by atoms with Gasteiger partial charge in [-0.15, -0.1) is 0 Å². The third-order valence-electron chi connectivity index (χ3n) is 5.41. The van der Waals surface area contributed by atoms with E-state index in [-0.39, 0.29) is 0 Å². The predicted molar refractivity (Wildman–Crippen MR) is 98.4 cm³/mol. The summed E-state index contributed by atoms with van der Waals surface area (Å²) in [5.41, 5.74) is 1.44. The number of rotatable bonds is 3. The highest BCUT2D eigenvalue weighted by Crippen LogP contribution is 2.38. The zero-order valence-corrected chi connectivity index (χ0v) is 15.4. The van der Waals surface area contributed by atoms with Gasteiger partial charge in [-0.2, -0.15) is 13.2 Å². The highest BCUT2D eigenvalue weighted by molar-refractivity contribution is 5.90. The fourth-order valence-electron chi connectivity index (χ4n) is 3.86. The number of carbonyl (C=O) groups is 2. The van der Waals surface area contributed by atoms with Crippen molar-refractivity contribution in [3.05, 3.63) is 24.3 Å². The molecule has 2 heterocycles. The van der Waals surface area contributed by atoms with E-state index in [0.29, 0.717) is 5.69 Å². The van der Waals surface area contributed by atoms with E-state index in [2.05, 4.69) is 10.2 Å². The van der Waals surface area contributed by atoms with Gasteiger partial charge in [0.15, 0.2) is 0 Å². The van der Waals surface area contributed by atoms with E-state index >= 15 is 0 Å². The highest BCUT2D eigenvalue weighted by atomic mass is 19.4. The molecular formula is C19H24F3N3O3. The SMILES string of the molecule is O=C(O)[C@@H]1CN(C(=O)Nc2cccc(N3CCCCCC3)c2)C[C@H]1C(F)(F)F. The van der Waals surface area contributed by atoms with Crippen LogP contribution in [0.1, 0.15) is 25.7 Å². The second kappa shape index (κ2) is 8.28. The van der Waals surface area contributed by atoms with E-state index in [1.807, 2.05) is 6.07 Å².